The van der Waals surface area contributed by atoms with Gasteiger partial charge in [0.15, 0.2) is 5.78 Å². The van der Waals surface area contributed by atoms with Gasteiger partial charge in [0.25, 0.3) is 0 Å². The molecular formula is C18H16N2O5. The number of ketones is 1. The first-order chi connectivity index (χ1) is 11.9. The molecular weight excluding hydrogens is 324 g/mol. The fraction of sp³-hybridized carbons (Fsp3) is 0.167. The number of hydrogen-bond donors (Lipinski definition) is 1. The lowest BCUT2D eigenvalue weighted by Gasteiger charge is -2.05. The van der Waals surface area contributed by atoms with Gasteiger partial charge in [-0.05, 0) is 38.1 Å². The van der Waals surface area contributed by atoms with Crippen molar-refractivity contribution in [2.45, 2.75) is 13.8 Å². The number of rotatable bonds is 4. The number of Topliss-reactive ketones (excluding diaryl/α,β-unsaturated/α-hetero) is 1. The fourth-order valence-electron chi connectivity index (χ4n) is 2.67. The second-order valence-corrected chi connectivity index (χ2v) is 5.48. The third-order valence-corrected chi connectivity index (χ3v) is 3.78. The van der Waals surface area contributed by atoms with Crippen LogP contribution < -0.4 is 0 Å². The maximum atomic E-state index is 11.9. The van der Waals surface area contributed by atoms with Crippen molar-refractivity contribution in [1.29, 1.82) is 0 Å². The topological polar surface area (TPSA) is 94.0 Å². The van der Waals surface area contributed by atoms with E-state index >= 15 is 0 Å². The summed E-state index contributed by atoms with van der Waals surface area (Å²) in [6.07, 6.45) is 3.23. The van der Waals surface area contributed by atoms with Gasteiger partial charge in [-0.3, -0.25) is 4.79 Å². The van der Waals surface area contributed by atoms with Crippen LogP contribution in [0.2, 0.25) is 0 Å². The predicted molar refractivity (Wildman–Crippen MR) is 90.1 cm³/mol. The number of ether oxygens (including phenoxy) is 1. The number of pyridine rings is 1. The van der Waals surface area contributed by atoms with Gasteiger partial charge in [-0.2, -0.15) is 5.10 Å². The summed E-state index contributed by atoms with van der Waals surface area (Å²) in [5, 5.41) is 14.0. The molecule has 0 saturated carbocycles. The van der Waals surface area contributed by atoms with Crippen molar-refractivity contribution in [3.63, 3.8) is 0 Å². The summed E-state index contributed by atoms with van der Waals surface area (Å²) >= 11 is 0. The highest BCUT2D eigenvalue weighted by Gasteiger charge is 2.18. The molecule has 0 amide bonds. The maximum Gasteiger partial charge on any atom is 0.373 e. The van der Waals surface area contributed by atoms with E-state index in [1.165, 1.54) is 33.2 Å². The summed E-state index contributed by atoms with van der Waals surface area (Å²) in [5.74, 6) is -0.314. The van der Waals surface area contributed by atoms with Crippen LogP contribution in [-0.2, 0) is 9.53 Å². The Balaban J connectivity index is 2.13. The van der Waals surface area contributed by atoms with E-state index in [1.54, 1.807) is 28.9 Å². The Labute approximate surface area is 143 Å². The largest absolute Gasteiger partial charge is 0.512 e. The van der Waals surface area contributed by atoms with E-state index in [0.29, 0.717) is 22.4 Å². The number of aliphatic hydroxyl groups excluding tert-OH is 1. The van der Waals surface area contributed by atoms with E-state index in [9.17, 15) is 14.7 Å². The zero-order valence-corrected chi connectivity index (χ0v) is 13.9. The molecule has 128 valence electrons. The third-order valence-electron chi connectivity index (χ3n) is 3.78. The Morgan fingerprint density at radius 1 is 1.24 bits per heavy atom. The second kappa shape index (κ2) is 6.27. The molecule has 0 aromatic carbocycles. The highest BCUT2D eigenvalue weighted by atomic mass is 16.5. The number of furan rings is 1. The summed E-state index contributed by atoms with van der Waals surface area (Å²) in [6.45, 7) is 2.84. The number of aliphatic hydroxyl groups is 1. The minimum Gasteiger partial charge on any atom is -0.512 e. The first kappa shape index (κ1) is 16.5. The van der Waals surface area contributed by atoms with E-state index < -0.39 is 5.97 Å². The fourth-order valence-corrected chi connectivity index (χ4v) is 2.67. The molecule has 3 heterocycles. The van der Waals surface area contributed by atoms with E-state index in [-0.39, 0.29) is 22.9 Å². The Morgan fingerprint density at radius 3 is 2.64 bits per heavy atom. The average molecular weight is 340 g/mol. The van der Waals surface area contributed by atoms with Crippen LogP contribution in [0.1, 0.15) is 30.0 Å². The van der Waals surface area contributed by atoms with Crippen molar-refractivity contribution in [2.24, 2.45) is 0 Å². The summed E-state index contributed by atoms with van der Waals surface area (Å²) < 4.78 is 11.7. The summed E-state index contributed by atoms with van der Waals surface area (Å²) in [4.78, 5) is 23.4. The number of nitrogens with zero attached hydrogens (tertiary/aromatic N) is 2. The molecule has 3 rings (SSSR count). The van der Waals surface area contributed by atoms with Crippen molar-refractivity contribution in [2.75, 3.05) is 7.11 Å². The lowest BCUT2D eigenvalue weighted by Crippen LogP contribution is -1.99. The van der Waals surface area contributed by atoms with E-state index in [0.717, 1.165) is 0 Å². The Hall–Kier alpha value is -3.35. The van der Waals surface area contributed by atoms with Crippen LogP contribution >= 0.6 is 0 Å². The highest BCUT2D eigenvalue weighted by molar-refractivity contribution is 6.21. The number of carbonyl (C=O) groups excluding carboxylic acids is 2. The first-order valence-corrected chi connectivity index (χ1v) is 7.49. The molecule has 0 atom stereocenters. The van der Waals surface area contributed by atoms with E-state index in [1.807, 2.05) is 0 Å². The Bertz CT molecular complexity index is 1010. The van der Waals surface area contributed by atoms with Gasteiger partial charge < -0.3 is 14.3 Å². The van der Waals surface area contributed by atoms with E-state index in [4.69, 9.17) is 4.42 Å². The molecule has 0 saturated heterocycles. The van der Waals surface area contributed by atoms with Gasteiger partial charge in [-0.1, -0.05) is 0 Å². The van der Waals surface area contributed by atoms with Gasteiger partial charge in [0.1, 0.15) is 11.5 Å². The summed E-state index contributed by atoms with van der Waals surface area (Å²) in [7, 11) is 1.28. The number of carbonyl (C=O) groups is 2. The first-order valence-electron chi connectivity index (χ1n) is 7.49. The number of esters is 1. The van der Waals surface area contributed by atoms with Crippen LogP contribution in [0.4, 0.5) is 0 Å². The van der Waals surface area contributed by atoms with E-state index in [2.05, 4.69) is 9.84 Å². The molecule has 0 spiro atoms. The minimum atomic E-state index is -0.560. The molecule has 3 aromatic rings. The van der Waals surface area contributed by atoms with Crippen LogP contribution in [0.15, 0.2) is 46.8 Å². The lowest BCUT2D eigenvalue weighted by molar-refractivity contribution is -0.111. The van der Waals surface area contributed by atoms with Crippen LogP contribution in [-0.4, -0.2) is 33.6 Å². The highest BCUT2D eigenvalue weighted by Crippen LogP contribution is 2.28. The molecule has 0 aliphatic rings. The van der Waals surface area contributed by atoms with Gasteiger partial charge >= 0.3 is 5.97 Å². The molecule has 1 N–H and O–H groups in total. The Kier molecular flexibility index (Phi) is 4.14. The quantitative estimate of drug-likeness (QED) is 0.445. The number of hydrogen-bond acceptors (Lipinski definition) is 6. The van der Waals surface area contributed by atoms with Gasteiger partial charge in [-0.15, -0.1) is 0 Å². The minimum absolute atomic E-state index is 0.0706. The summed E-state index contributed by atoms with van der Waals surface area (Å²) in [6, 6.07) is 6.73. The van der Waals surface area contributed by atoms with Gasteiger partial charge in [0.05, 0.1) is 24.4 Å². The number of fused-ring (bicyclic) bond motifs is 1. The van der Waals surface area contributed by atoms with Crippen molar-refractivity contribution >= 4 is 22.8 Å². The average Bonchev–Trinajstić information content (AvgIpc) is 3.21. The van der Waals surface area contributed by atoms with Gasteiger partial charge in [0, 0.05) is 17.3 Å². The molecule has 0 fully saturated rings. The van der Waals surface area contributed by atoms with Crippen molar-refractivity contribution in [1.82, 2.24) is 9.61 Å². The Morgan fingerprint density at radius 2 is 2.00 bits per heavy atom. The van der Waals surface area contributed by atoms with Crippen LogP contribution in [0.5, 0.6) is 0 Å². The van der Waals surface area contributed by atoms with Crippen molar-refractivity contribution < 1.29 is 23.8 Å². The lowest BCUT2D eigenvalue weighted by atomic mass is 10.0. The van der Waals surface area contributed by atoms with Crippen molar-refractivity contribution in [3.05, 3.63) is 53.7 Å². The molecule has 7 nitrogen and oxygen atoms in total. The second-order valence-electron chi connectivity index (χ2n) is 5.48. The zero-order chi connectivity index (χ0) is 18.1. The van der Waals surface area contributed by atoms with Crippen LogP contribution in [0.3, 0.4) is 0 Å². The predicted octanol–water partition coefficient (Wildman–Crippen LogP) is 3.26. The van der Waals surface area contributed by atoms with Gasteiger partial charge in [0.2, 0.25) is 5.76 Å². The van der Waals surface area contributed by atoms with Crippen LogP contribution in [0.25, 0.3) is 22.4 Å². The molecule has 25 heavy (non-hydrogen) atoms. The zero-order valence-electron chi connectivity index (χ0n) is 13.9. The molecule has 0 aliphatic carbocycles. The standard InChI is InChI=1S/C18H16N2O5/c1-10(21)17(11(2)22)13-9-19-20-7-6-12(8-14(13)20)15-4-5-16(25-15)18(23)24-3/h4-9,21H,1-3H3/b17-10+. The number of aromatic nitrogens is 2. The SMILES string of the molecule is COC(=O)c1ccc(-c2ccn3ncc(/C(C(C)=O)=C(\C)O)c3c2)o1. The molecule has 7 heteroatoms. The van der Waals surface area contributed by atoms with Gasteiger partial charge in [-0.25, -0.2) is 9.31 Å². The molecule has 0 unspecified atom stereocenters. The normalized spacial score (nSPS) is 12.1. The number of allylic oxidation sites excluding steroid dienone is 2. The molecule has 0 radical (unpaired) electrons. The monoisotopic (exact) mass is 340 g/mol. The molecule has 0 aliphatic heterocycles. The van der Waals surface area contributed by atoms with Crippen molar-refractivity contribution in [3.8, 4) is 11.3 Å². The molecule has 3 aromatic heterocycles. The smallest absolute Gasteiger partial charge is 0.373 e. The third kappa shape index (κ3) is 2.91. The number of methoxy groups -OCH3 is 1. The maximum absolute atomic E-state index is 11.9. The van der Waals surface area contributed by atoms with Crippen LogP contribution in [0, 0.1) is 0 Å². The summed E-state index contributed by atoms with van der Waals surface area (Å²) in [5.41, 5.74) is 2.06. The molecule has 0 bridgehead atoms.